The van der Waals surface area contributed by atoms with Crippen LogP contribution >= 0.6 is 0 Å². The van der Waals surface area contributed by atoms with E-state index in [4.69, 9.17) is 9.84 Å². The largest absolute Gasteiger partial charge is 0.481 e. The zero-order chi connectivity index (χ0) is 12.1. The topological polar surface area (TPSA) is 66.8 Å². The normalized spacial score (nSPS) is 16.9. The molecule has 0 spiro atoms. The molecular weight excluding hydrogens is 210 g/mol. The van der Waals surface area contributed by atoms with Gasteiger partial charge in [0.2, 0.25) is 5.91 Å². The minimum atomic E-state index is -1.09. The number of carbonyl (C=O) groups excluding carboxylic acids is 1. The fourth-order valence-corrected chi connectivity index (χ4v) is 1.28. The summed E-state index contributed by atoms with van der Waals surface area (Å²) in [4.78, 5) is 23.5. The number of rotatable bonds is 7. The molecule has 1 N–H and O–H groups in total. The van der Waals surface area contributed by atoms with Gasteiger partial charge in [-0.1, -0.05) is 0 Å². The van der Waals surface area contributed by atoms with E-state index in [9.17, 15) is 9.59 Å². The van der Waals surface area contributed by atoms with Crippen LogP contribution in [0, 0.1) is 11.8 Å². The molecule has 0 aromatic heterocycles. The highest BCUT2D eigenvalue weighted by Gasteiger charge is 2.24. The maximum Gasteiger partial charge on any atom is 0.315 e. The Hall–Kier alpha value is -1.10. The second-order valence-electron chi connectivity index (χ2n) is 4.34. The molecule has 5 heteroatoms. The quantitative estimate of drug-likeness (QED) is 0.512. The summed E-state index contributed by atoms with van der Waals surface area (Å²) in [5.41, 5.74) is 0. The van der Waals surface area contributed by atoms with Crippen molar-refractivity contribution in [3.63, 3.8) is 0 Å². The van der Waals surface area contributed by atoms with E-state index in [-0.39, 0.29) is 5.91 Å². The van der Waals surface area contributed by atoms with Gasteiger partial charge in [-0.05, 0) is 25.7 Å². The van der Waals surface area contributed by atoms with Crippen molar-refractivity contribution in [1.82, 2.24) is 4.90 Å². The van der Waals surface area contributed by atoms with Crippen LogP contribution in [0.1, 0.15) is 19.8 Å². The van der Waals surface area contributed by atoms with Crippen LogP contribution in [-0.4, -0.2) is 48.7 Å². The number of hydrogen-bond acceptors (Lipinski definition) is 3. The summed E-state index contributed by atoms with van der Waals surface area (Å²) in [5.74, 6) is -1.73. The first-order valence-corrected chi connectivity index (χ1v) is 5.58. The molecule has 16 heavy (non-hydrogen) atoms. The van der Waals surface area contributed by atoms with Crippen LogP contribution in [0.15, 0.2) is 0 Å². The standard InChI is InChI=1S/C11H19NO4/c1-8(11(14)15)10(13)12(2)5-6-16-7-9-3-4-9/h8-9H,3-7H2,1-2H3,(H,14,15). The molecule has 1 rings (SSSR count). The molecule has 0 heterocycles. The number of amides is 1. The van der Waals surface area contributed by atoms with Crippen LogP contribution in [0.25, 0.3) is 0 Å². The number of ether oxygens (including phenoxy) is 1. The Morgan fingerprint density at radius 1 is 1.50 bits per heavy atom. The first-order chi connectivity index (χ1) is 7.52. The zero-order valence-corrected chi connectivity index (χ0v) is 9.81. The molecule has 1 aliphatic rings. The van der Waals surface area contributed by atoms with E-state index in [0.29, 0.717) is 19.1 Å². The lowest BCUT2D eigenvalue weighted by atomic mass is 10.1. The number of carboxylic acid groups (broad SMARTS) is 1. The fourth-order valence-electron chi connectivity index (χ4n) is 1.28. The molecule has 0 aromatic carbocycles. The third-order valence-electron chi connectivity index (χ3n) is 2.74. The van der Waals surface area contributed by atoms with E-state index in [2.05, 4.69) is 0 Å². The molecular formula is C11H19NO4. The SMILES string of the molecule is CC(C(=O)O)C(=O)N(C)CCOCC1CC1. The summed E-state index contributed by atoms with van der Waals surface area (Å²) in [7, 11) is 1.60. The second kappa shape index (κ2) is 5.84. The Labute approximate surface area is 95.4 Å². The molecule has 1 amide bonds. The van der Waals surface area contributed by atoms with Gasteiger partial charge in [-0.15, -0.1) is 0 Å². The van der Waals surface area contributed by atoms with E-state index in [1.54, 1.807) is 7.05 Å². The summed E-state index contributed by atoms with van der Waals surface area (Å²) in [6.07, 6.45) is 2.48. The molecule has 1 aliphatic carbocycles. The summed E-state index contributed by atoms with van der Waals surface area (Å²) in [5, 5.41) is 8.68. The van der Waals surface area contributed by atoms with Gasteiger partial charge in [0.15, 0.2) is 0 Å². The summed E-state index contributed by atoms with van der Waals surface area (Å²) in [6.45, 7) is 3.08. The van der Waals surface area contributed by atoms with E-state index >= 15 is 0 Å². The van der Waals surface area contributed by atoms with Gasteiger partial charge in [-0.2, -0.15) is 0 Å². The molecule has 0 aliphatic heterocycles. The van der Waals surface area contributed by atoms with Crippen molar-refractivity contribution in [3.05, 3.63) is 0 Å². The number of carboxylic acids is 1. The number of likely N-dealkylation sites (N-methyl/N-ethyl adjacent to an activating group) is 1. The lowest BCUT2D eigenvalue weighted by Gasteiger charge is -2.19. The Balaban J connectivity index is 2.14. The van der Waals surface area contributed by atoms with Gasteiger partial charge in [-0.25, -0.2) is 0 Å². The zero-order valence-electron chi connectivity index (χ0n) is 9.81. The molecule has 0 radical (unpaired) electrons. The van der Waals surface area contributed by atoms with Crippen molar-refractivity contribution >= 4 is 11.9 Å². The molecule has 92 valence electrons. The lowest BCUT2D eigenvalue weighted by Crippen LogP contribution is -2.37. The average Bonchev–Trinajstić information content (AvgIpc) is 3.05. The van der Waals surface area contributed by atoms with Gasteiger partial charge in [0.25, 0.3) is 0 Å². The molecule has 1 fully saturated rings. The maximum absolute atomic E-state index is 11.5. The molecule has 0 saturated heterocycles. The predicted octanol–water partition coefficient (Wildman–Crippen LogP) is 0.592. The van der Waals surface area contributed by atoms with Crippen LogP contribution in [0.2, 0.25) is 0 Å². The van der Waals surface area contributed by atoms with Crippen molar-refractivity contribution in [2.45, 2.75) is 19.8 Å². The Kier molecular flexibility index (Phi) is 4.73. The second-order valence-corrected chi connectivity index (χ2v) is 4.34. The highest BCUT2D eigenvalue weighted by atomic mass is 16.5. The molecule has 0 aromatic rings. The van der Waals surface area contributed by atoms with Crippen LogP contribution in [0.5, 0.6) is 0 Å². The third-order valence-corrected chi connectivity index (χ3v) is 2.74. The first kappa shape index (κ1) is 13.0. The van der Waals surface area contributed by atoms with Crippen molar-refractivity contribution in [1.29, 1.82) is 0 Å². The van der Waals surface area contributed by atoms with Gasteiger partial charge in [-0.3, -0.25) is 9.59 Å². The molecule has 1 unspecified atom stereocenters. The van der Waals surface area contributed by atoms with Gasteiger partial charge in [0.1, 0.15) is 5.92 Å². The number of hydrogen-bond donors (Lipinski definition) is 1. The van der Waals surface area contributed by atoms with Gasteiger partial charge in [0, 0.05) is 20.2 Å². The Morgan fingerprint density at radius 3 is 2.62 bits per heavy atom. The molecule has 1 atom stereocenters. The lowest BCUT2D eigenvalue weighted by molar-refractivity contribution is -0.150. The minimum Gasteiger partial charge on any atom is -0.481 e. The van der Waals surface area contributed by atoms with E-state index in [0.717, 1.165) is 6.61 Å². The van der Waals surface area contributed by atoms with E-state index < -0.39 is 11.9 Å². The number of aliphatic carboxylic acids is 1. The van der Waals surface area contributed by atoms with Crippen molar-refractivity contribution in [3.8, 4) is 0 Å². The maximum atomic E-state index is 11.5. The summed E-state index contributed by atoms with van der Waals surface area (Å²) >= 11 is 0. The Bertz CT molecular complexity index is 263. The molecule has 0 bridgehead atoms. The van der Waals surface area contributed by atoms with Gasteiger partial charge < -0.3 is 14.7 Å². The third kappa shape index (κ3) is 4.18. The number of nitrogens with zero attached hydrogens (tertiary/aromatic N) is 1. The molecule has 1 saturated carbocycles. The first-order valence-electron chi connectivity index (χ1n) is 5.58. The Morgan fingerprint density at radius 2 is 2.12 bits per heavy atom. The highest BCUT2D eigenvalue weighted by molar-refractivity contribution is 5.96. The van der Waals surface area contributed by atoms with Crippen LogP contribution < -0.4 is 0 Å². The van der Waals surface area contributed by atoms with E-state index in [1.807, 2.05) is 0 Å². The number of carbonyl (C=O) groups is 2. The summed E-state index contributed by atoms with van der Waals surface area (Å²) < 4.78 is 5.38. The van der Waals surface area contributed by atoms with Crippen molar-refractivity contribution in [2.75, 3.05) is 26.8 Å². The highest BCUT2D eigenvalue weighted by Crippen LogP contribution is 2.28. The van der Waals surface area contributed by atoms with Gasteiger partial charge >= 0.3 is 5.97 Å². The minimum absolute atomic E-state index is 0.373. The van der Waals surface area contributed by atoms with Crippen LogP contribution in [0.4, 0.5) is 0 Å². The summed E-state index contributed by atoms with van der Waals surface area (Å²) in [6, 6.07) is 0. The average molecular weight is 229 g/mol. The van der Waals surface area contributed by atoms with Crippen molar-refractivity contribution < 1.29 is 19.4 Å². The van der Waals surface area contributed by atoms with Gasteiger partial charge in [0.05, 0.1) is 6.61 Å². The van der Waals surface area contributed by atoms with Crippen LogP contribution in [0.3, 0.4) is 0 Å². The van der Waals surface area contributed by atoms with Crippen LogP contribution in [-0.2, 0) is 14.3 Å². The monoisotopic (exact) mass is 229 g/mol. The smallest absolute Gasteiger partial charge is 0.315 e. The molecule has 5 nitrogen and oxygen atoms in total. The fraction of sp³-hybridized carbons (Fsp3) is 0.818. The van der Waals surface area contributed by atoms with E-state index in [1.165, 1.54) is 24.7 Å². The van der Waals surface area contributed by atoms with Crippen molar-refractivity contribution in [2.24, 2.45) is 11.8 Å². The predicted molar refractivity (Wildman–Crippen MR) is 58.0 cm³/mol.